The average molecular weight is 505 g/mol. The van der Waals surface area contributed by atoms with E-state index >= 15 is 17.6 Å². The molecule has 0 amide bonds. The van der Waals surface area contributed by atoms with Crippen LogP contribution in [0.4, 0.5) is 26.3 Å². The van der Waals surface area contributed by atoms with E-state index in [0.717, 1.165) is 36.4 Å². The molecule has 0 nitrogen and oxygen atoms in total. The summed E-state index contributed by atoms with van der Waals surface area (Å²) >= 11 is 0. The molecule has 0 aliphatic carbocycles. The second kappa shape index (κ2) is 10.6. The van der Waals surface area contributed by atoms with Gasteiger partial charge in [0.25, 0.3) is 0 Å². The monoisotopic (exact) mass is 505 g/mol. The van der Waals surface area contributed by atoms with Crippen molar-refractivity contribution in [3.05, 3.63) is 95.6 Å². The Labute approximate surface area is 210 Å². The number of halogens is 6. The van der Waals surface area contributed by atoms with Gasteiger partial charge in [0, 0.05) is 11.1 Å². The Morgan fingerprint density at radius 1 is 0.750 bits per heavy atom. The third kappa shape index (κ3) is 4.85. The maximum Gasteiger partial charge on any atom is 0.130 e. The molecule has 0 heterocycles. The first kappa shape index (κ1) is 29.3. The van der Waals surface area contributed by atoms with Crippen molar-refractivity contribution in [2.45, 2.75) is 58.6 Å². The topological polar surface area (TPSA) is 0 Å². The lowest BCUT2D eigenvalue weighted by Crippen LogP contribution is -2.71. The fourth-order valence-electron chi connectivity index (χ4n) is 6.39. The molecule has 1 atom stereocenters. The second-order valence-electron chi connectivity index (χ2n) is 10.2. The van der Waals surface area contributed by atoms with E-state index in [9.17, 15) is 8.78 Å². The Morgan fingerprint density at radius 3 is 1.33 bits per heavy atom. The summed E-state index contributed by atoms with van der Waals surface area (Å²) in [5.74, 6) is -5.03. The third-order valence-corrected chi connectivity index (χ3v) is 7.58. The first-order valence-electron chi connectivity index (χ1n) is 11.7. The largest absolute Gasteiger partial charge is 0.213 e. The highest BCUT2D eigenvalue weighted by Gasteiger charge is 2.51. The summed E-state index contributed by atoms with van der Waals surface area (Å²) in [6.07, 6.45) is 1.98. The van der Waals surface area contributed by atoms with Crippen LogP contribution in [0.15, 0.2) is 61.2 Å². The van der Waals surface area contributed by atoms with E-state index in [4.69, 9.17) is 0 Å². The molecule has 0 bridgehead atoms. The zero-order valence-electron chi connectivity index (χ0n) is 21.6. The van der Waals surface area contributed by atoms with Crippen LogP contribution in [0.25, 0.3) is 12.2 Å². The molecule has 0 radical (unpaired) electrons. The van der Waals surface area contributed by atoms with Crippen molar-refractivity contribution in [2.75, 3.05) is 0 Å². The minimum absolute atomic E-state index is 0.0186. The maximum absolute atomic E-state index is 15.2. The number of allylic oxidation sites excluding steroid dienone is 4. The van der Waals surface area contributed by atoms with Crippen LogP contribution in [0, 0.1) is 23.3 Å². The average Bonchev–Trinajstić information content (AvgIpc) is 2.72. The van der Waals surface area contributed by atoms with Gasteiger partial charge in [0.05, 0.1) is 17.8 Å². The van der Waals surface area contributed by atoms with E-state index < -0.39 is 51.7 Å². The summed E-state index contributed by atoms with van der Waals surface area (Å²) in [5, 5.41) is -2.63. The van der Waals surface area contributed by atoms with Gasteiger partial charge in [-0.3, -0.25) is 0 Å². The van der Waals surface area contributed by atoms with Gasteiger partial charge in [-0.2, -0.15) is 10.9 Å². The molecule has 0 aromatic heterocycles. The van der Waals surface area contributed by atoms with Crippen molar-refractivity contribution in [1.29, 1.82) is 0 Å². The first-order chi connectivity index (χ1) is 16.6. The minimum atomic E-state index is -2.78. The standard InChI is InChI=1S/C29H32BF6/c1-9-22-24(33)12-20(13-25(22)34)30(28(6,7)16-18(4)31,29(8,11-3)17-19(5)32)21-14-26(35)23(10-2)27(36)15-21/h9-10,12-17H,1-2,11H2,3-8H3/q-1/b18-16+,19-17+. The zero-order valence-corrected chi connectivity index (χ0v) is 21.6. The molecule has 2 aromatic carbocycles. The molecule has 0 aliphatic rings. The first-order valence-corrected chi connectivity index (χ1v) is 11.7. The van der Waals surface area contributed by atoms with Crippen molar-refractivity contribution in [3.8, 4) is 0 Å². The van der Waals surface area contributed by atoms with Crippen LogP contribution in [0.5, 0.6) is 0 Å². The molecule has 194 valence electrons. The van der Waals surface area contributed by atoms with Gasteiger partial charge in [0.15, 0.2) is 0 Å². The number of rotatable bonds is 9. The van der Waals surface area contributed by atoms with Crippen molar-refractivity contribution in [3.63, 3.8) is 0 Å². The molecule has 0 saturated heterocycles. The van der Waals surface area contributed by atoms with Gasteiger partial charge in [-0.25, -0.2) is 26.3 Å². The van der Waals surface area contributed by atoms with Crippen LogP contribution in [0.1, 0.15) is 59.1 Å². The van der Waals surface area contributed by atoms with Crippen molar-refractivity contribution in [2.24, 2.45) is 0 Å². The van der Waals surface area contributed by atoms with E-state index in [2.05, 4.69) is 13.2 Å². The summed E-state index contributed by atoms with van der Waals surface area (Å²) in [5.41, 5.74) is -0.725. The highest BCUT2D eigenvalue weighted by atomic mass is 19.2. The Balaban J connectivity index is 3.37. The van der Waals surface area contributed by atoms with E-state index in [1.54, 1.807) is 27.7 Å². The maximum atomic E-state index is 15.2. The van der Waals surface area contributed by atoms with Crippen molar-refractivity contribution in [1.82, 2.24) is 0 Å². The van der Waals surface area contributed by atoms with Gasteiger partial charge in [0.2, 0.25) is 0 Å². The SMILES string of the molecule is C=Cc1c(F)cc([B-](c2cc(F)c(C=C)c(F)c2)(C(C)(C)/C=C(\C)F)C(C)(/C=C(\C)F)CC)cc1F. The summed E-state index contributed by atoms with van der Waals surface area (Å²) < 4.78 is 89.9. The Bertz CT molecular complexity index is 1120. The summed E-state index contributed by atoms with van der Waals surface area (Å²) in [4.78, 5) is 0. The lowest BCUT2D eigenvalue weighted by Gasteiger charge is -2.63. The van der Waals surface area contributed by atoms with E-state index in [1.165, 1.54) is 26.0 Å². The molecule has 7 heteroatoms. The van der Waals surface area contributed by atoms with Crippen LogP contribution in [0.3, 0.4) is 0 Å². The Kier molecular flexibility index (Phi) is 8.60. The lowest BCUT2D eigenvalue weighted by atomic mass is 9.00. The molecule has 2 rings (SSSR count). The van der Waals surface area contributed by atoms with Crippen LogP contribution in [-0.2, 0) is 0 Å². The van der Waals surface area contributed by atoms with Gasteiger partial charge in [-0.15, -0.1) is 10.6 Å². The summed E-state index contributed by atoms with van der Waals surface area (Å²) in [7, 11) is 0. The number of hydrogen-bond acceptors (Lipinski definition) is 0. The summed E-state index contributed by atoms with van der Waals surface area (Å²) in [6, 6.07) is 4.26. The molecule has 1 unspecified atom stereocenters. The van der Waals surface area contributed by atoms with Gasteiger partial charge in [0.1, 0.15) is 23.3 Å². The molecule has 0 N–H and O–H groups in total. The van der Waals surface area contributed by atoms with Crippen LogP contribution >= 0.6 is 0 Å². The fraction of sp³-hybridized carbons (Fsp3) is 0.310. The molecule has 0 spiro atoms. The fourth-order valence-corrected chi connectivity index (χ4v) is 6.39. The number of benzene rings is 2. The van der Waals surface area contributed by atoms with Crippen LogP contribution < -0.4 is 10.9 Å². The van der Waals surface area contributed by atoms with Crippen molar-refractivity contribution >= 4 is 29.2 Å². The normalized spacial score (nSPS) is 15.0. The highest BCUT2D eigenvalue weighted by molar-refractivity contribution is 7.07. The predicted molar refractivity (Wildman–Crippen MR) is 140 cm³/mol. The lowest BCUT2D eigenvalue weighted by molar-refractivity contribution is 0.572. The van der Waals surface area contributed by atoms with Crippen molar-refractivity contribution < 1.29 is 26.3 Å². The third-order valence-electron chi connectivity index (χ3n) is 7.58. The zero-order chi connectivity index (χ0) is 27.6. The molecule has 36 heavy (non-hydrogen) atoms. The molecule has 0 aliphatic heterocycles. The van der Waals surface area contributed by atoms with Crippen LogP contribution in [0.2, 0.25) is 10.6 Å². The minimum Gasteiger partial charge on any atom is -0.213 e. The van der Waals surface area contributed by atoms with Gasteiger partial charge in [-0.1, -0.05) is 95.8 Å². The summed E-state index contributed by atoms with van der Waals surface area (Å²) in [6.45, 7) is 15.9. The predicted octanol–water partition coefficient (Wildman–Crippen LogP) is 8.79. The second-order valence-corrected chi connectivity index (χ2v) is 10.2. The smallest absolute Gasteiger partial charge is 0.130 e. The Hall–Kier alpha value is -2.96. The van der Waals surface area contributed by atoms with Gasteiger partial charge in [-0.05, 0) is 13.8 Å². The highest BCUT2D eigenvalue weighted by Crippen LogP contribution is 2.56. The van der Waals surface area contributed by atoms with Gasteiger partial charge < -0.3 is 0 Å². The Morgan fingerprint density at radius 2 is 1.08 bits per heavy atom. The molecular weight excluding hydrogens is 473 g/mol. The van der Waals surface area contributed by atoms with E-state index in [1.807, 2.05) is 0 Å². The quantitative estimate of drug-likeness (QED) is 0.236. The molecule has 0 saturated carbocycles. The molecule has 2 aromatic rings. The van der Waals surface area contributed by atoms with Gasteiger partial charge >= 0.3 is 0 Å². The van der Waals surface area contributed by atoms with E-state index in [-0.39, 0.29) is 28.5 Å². The van der Waals surface area contributed by atoms with Crippen LogP contribution in [-0.4, -0.2) is 6.15 Å². The molecule has 0 fully saturated rings. The number of hydrogen-bond donors (Lipinski definition) is 0. The molecular formula is C29H32BF6-. The van der Waals surface area contributed by atoms with E-state index in [0.29, 0.717) is 0 Å².